The van der Waals surface area contributed by atoms with Crippen LogP contribution in [0.25, 0.3) is 0 Å². The minimum atomic E-state index is -0.901. The van der Waals surface area contributed by atoms with Crippen LogP contribution in [-0.4, -0.2) is 47.7 Å². The molecule has 8 nitrogen and oxygen atoms in total. The number of hydrogen-bond donors (Lipinski definition) is 1. The van der Waals surface area contributed by atoms with E-state index in [4.69, 9.17) is 9.15 Å². The van der Waals surface area contributed by atoms with E-state index in [1.54, 1.807) is 19.9 Å². The van der Waals surface area contributed by atoms with Gasteiger partial charge in [0.2, 0.25) is 0 Å². The fourth-order valence-electron chi connectivity index (χ4n) is 2.89. The smallest absolute Gasteiger partial charge is 0.329 e. The number of nitrogens with zero attached hydrogens (tertiary/aromatic N) is 2. The molecule has 1 N–H and O–H groups in total. The third-order valence-corrected chi connectivity index (χ3v) is 4.49. The fraction of sp³-hybridized carbons (Fsp3) is 0.333. The van der Waals surface area contributed by atoms with Gasteiger partial charge in [0.15, 0.2) is 12.4 Å². The lowest BCUT2D eigenvalue weighted by Gasteiger charge is -2.20. The molecule has 1 aliphatic rings. The summed E-state index contributed by atoms with van der Waals surface area (Å²) in [6, 6.07) is 11.8. The van der Waals surface area contributed by atoms with Crippen molar-refractivity contribution < 1.29 is 23.5 Å². The first-order valence-electron chi connectivity index (χ1n) is 9.40. The second kappa shape index (κ2) is 9.18. The number of carbonyl (C=O) groups is 3. The highest BCUT2D eigenvalue weighted by molar-refractivity contribution is 6.02. The van der Waals surface area contributed by atoms with Crippen LogP contribution in [0.1, 0.15) is 36.4 Å². The van der Waals surface area contributed by atoms with Gasteiger partial charge in [-0.05, 0) is 23.6 Å². The van der Waals surface area contributed by atoms with Gasteiger partial charge in [-0.2, -0.15) is 5.10 Å². The van der Waals surface area contributed by atoms with Gasteiger partial charge in [-0.15, -0.1) is 0 Å². The highest BCUT2D eigenvalue weighted by Crippen LogP contribution is 2.14. The Kier molecular flexibility index (Phi) is 6.43. The topological polar surface area (TPSA) is 101 Å². The van der Waals surface area contributed by atoms with E-state index in [-0.39, 0.29) is 11.7 Å². The predicted octanol–water partition coefficient (Wildman–Crippen LogP) is 2.21. The minimum absolute atomic E-state index is 0.0966. The maximum atomic E-state index is 12.4. The van der Waals surface area contributed by atoms with Crippen LogP contribution in [0, 0.1) is 5.92 Å². The number of ether oxygens (including phenoxy) is 1. The quantitative estimate of drug-likeness (QED) is 0.722. The summed E-state index contributed by atoms with van der Waals surface area (Å²) in [6.45, 7) is 3.54. The lowest BCUT2D eigenvalue weighted by Crippen LogP contribution is -2.46. The molecule has 0 radical (unpaired) electrons. The number of hydrazone groups is 1. The van der Waals surface area contributed by atoms with Crippen LogP contribution in [0.2, 0.25) is 0 Å². The van der Waals surface area contributed by atoms with E-state index in [2.05, 4.69) is 10.4 Å². The van der Waals surface area contributed by atoms with Crippen LogP contribution in [0.5, 0.6) is 0 Å². The molecule has 0 aliphatic carbocycles. The third-order valence-electron chi connectivity index (χ3n) is 4.49. The molecule has 2 heterocycles. The Labute approximate surface area is 168 Å². The van der Waals surface area contributed by atoms with E-state index < -0.39 is 30.4 Å². The Hall–Kier alpha value is -3.42. The molecule has 0 unspecified atom stereocenters. The lowest BCUT2D eigenvalue weighted by atomic mass is 10.0. The molecule has 8 heteroatoms. The van der Waals surface area contributed by atoms with Gasteiger partial charge in [0.1, 0.15) is 6.04 Å². The van der Waals surface area contributed by atoms with E-state index in [0.29, 0.717) is 13.0 Å². The predicted molar refractivity (Wildman–Crippen MR) is 105 cm³/mol. The summed E-state index contributed by atoms with van der Waals surface area (Å²) in [6.07, 6.45) is 2.01. The van der Waals surface area contributed by atoms with Crippen molar-refractivity contribution in [3.8, 4) is 0 Å². The Morgan fingerprint density at radius 2 is 1.93 bits per heavy atom. The standard InChI is InChI=1S/C21H23N3O5/c1-14(2)19(22-20(26)17-9-6-12-28-17)21(27)29-13-18(25)24-11-10-16(23-24)15-7-4-3-5-8-15/h3-9,12,14,19H,10-11,13H2,1-2H3,(H,22,26)/t19-/m1/s1. The molecule has 29 heavy (non-hydrogen) atoms. The van der Waals surface area contributed by atoms with Crippen LogP contribution in [0.3, 0.4) is 0 Å². The number of esters is 1. The third kappa shape index (κ3) is 5.10. The van der Waals surface area contributed by atoms with E-state index in [0.717, 1.165) is 11.3 Å². The van der Waals surface area contributed by atoms with Crippen molar-refractivity contribution in [1.82, 2.24) is 10.3 Å². The van der Waals surface area contributed by atoms with Crippen molar-refractivity contribution in [2.24, 2.45) is 11.0 Å². The number of rotatable bonds is 7. The summed E-state index contributed by atoms with van der Waals surface area (Å²) in [4.78, 5) is 36.9. The van der Waals surface area contributed by atoms with Crippen molar-refractivity contribution in [2.75, 3.05) is 13.2 Å². The first-order valence-corrected chi connectivity index (χ1v) is 9.40. The molecule has 1 aromatic heterocycles. The first-order chi connectivity index (χ1) is 14.0. The average molecular weight is 397 g/mol. The van der Waals surface area contributed by atoms with Gasteiger partial charge < -0.3 is 14.5 Å². The summed E-state index contributed by atoms with van der Waals surface area (Å²) in [5.74, 6) is -1.75. The molecule has 0 saturated heterocycles. The Morgan fingerprint density at radius 1 is 1.17 bits per heavy atom. The number of amides is 2. The number of nitrogens with one attached hydrogen (secondary N) is 1. The second-order valence-corrected chi connectivity index (χ2v) is 6.96. The van der Waals surface area contributed by atoms with E-state index in [9.17, 15) is 14.4 Å². The lowest BCUT2D eigenvalue weighted by molar-refractivity contribution is -0.154. The largest absolute Gasteiger partial charge is 0.459 e. The summed E-state index contributed by atoms with van der Waals surface area (Å²) in [5, 5.41) is 8.21. The zero-order chi connectivity index (χ0) is 20.8. The Morgan fingerprint density at radius 3 is 2.59 bits per heavy atom. The highest BCUT2D eigenvalue weighted by Gasteiger charge is 2.29. The molecular formula is C21H23N3O5. The summed E-state index contributed by atoms with van der Waals surface area (Å²) >= 11 is 0. The molecule has 1 aromatic carbocycles. The highest BCUT2D eigenvalue weighted by atomic mass is 16.5. The number of benzene rings is 1. The van der Waals surface area contributed by atoms with Gasteiger partial charge in [0.25, 0.3) is 11.8 Å². The van der Waals surface area contributed by atoms with Gasteiger partial charge in [-0.1, -0.05) is 44.2 Å². The SMILES string of the molecule is CC(C)[C@@H](NC(=O)c1ccco1)C(=O)OCC(=O)N1CCC(c2ccccc2)=N1. The Bertz CT molecular complexity index is 890. The molecule has 0 bridgehead atoms. The van der Waals surface area contributed by atoms with Crippen LogP contribution < -0.4 is 5.32 Å². The molecule has 152 valence electrons. The molecule has 1 aliphatic heterocycles. The van der Waals surface area contributed by atoms with Crippen molar-refractivity contribution in [1.29, 1.82) is 0 Å². The monoisotopic (exact) mass is 397 g/mol. The summed E-state index contributed by atoms with van der Waals surface area (Å²) in [7, 11) is 0. The van der Waals surface area contributed by atoms with Crippen LogP contribution in [0.4, 0.5) is 0 Å². The van der Waals surface area contributed by atoms with Crippen LogP contribution >= 0.6 is 0 Å². The van der Waals surface area contributed by atoms with E-state index in [1.807, 2.05) is 30.3 Å². The van der Waals surface area contributed by atoms with Crippen molar-refractivity contribution >= 4 is 23.5 Å². The van der Waals surface area contributed by atoms with E-state index >= 15 is 0 Å². The molecule has 0 spiro atoms. The molecule has 2 amide bonds. The zero-order valence-electron chi connectivity index (χ0n) is 16.3. The summed E-state index contributed by atoms with van der Waals surface area (Å²) in [5.41, 5.74) is 1.77. The van der Waals surface area contributed by atoms with Crippen molar-refractivity contribution in [3.63, 3.8) is 0 Å². The van der Waals surface area contributed by atoms with Gasteiger partial charge in [0.05, 0.1) is 18.5 Å². The van der Waals surface area contributed by atoms with Gasteiger partial charge in [-0.3, -0.25) is 9.59 Å². The van der Waals surface area contributed by atoms with Crippen molar-refractivity contribution in [2.45, 2.75) is 26.3 Å². The maximum absolute atomic E-state index is 12.4. The van der Waals surface area contributed by atoms with E-state index in [1.165, 1.54) is 17.3 Å². The fourth-order valence-corrected chi connectivity index (χ4v) is 2.89. The van der Waals surface area contributed by atoms with Gasteiger partial charge in [0, 0.05) is 6.42 Å². The number of furan rings is 1. The van der Waals surface area contributed by atoms with Crippen molar-refractivity contribution in [3.05, 3.63) is 60.1 Å². The van der Waals surface area contributed by atoms with Crippen LogP contribution in [0.15, 0.2) is 58.2 Å². The molecule has 0 fully saturated rings. The first kappa shape index (κ1) is 20.3. The second-order valence-electron chi connectivity index (χ2n) is 6.96. The minimum Gasteiger partial charge on any atom is -0.459 e. The van der Waals surface area contributed by atoms with Crippen LogP contribution in [-0.2, 0) is 14.3 Å². The molecule has 0 saturated carbocycles. The normalized spacial score (nSPS) is 14.4. The zero-order valence-corrected chi connectivity index (χ0v) is 16.3. The van der Waals surface area contributed by atoms with Gasteiger partial charge >= 0.3 is 5.97 Å². The molecule has 3 rings (SSSR count). The Balaban J connectivity index is 1.55. The number of carbonyl (C=O) groups excluding carboxylic acids is 3. The van der Waals surface area contributed by atoms with Gasteiger partial charge in [-0.25, -0.2) is 9.80 Å². The molecule has 1 atom stereocenters. The summed E-state index contributed by atoms with van der Waals surface area (Å²) < 4.78 is 10.2. The maximum Gasteiger partial charge on any atom is 0.329 e. The number of hydrogen-bond acceptors (Lipinski definition) is 6. The average Bonchev–Trinajstić information content (AvgIpc) is 3.42. The molecular weight excluding hydrogens is 374 g/mol. The molecule has 2 aromatic rings.